The molecule has 1 unspecified atom stereocenters. The number of nitrogens with zero attached hydrogens (tertiary/aromatic N) is 1. The lowest BCUT2D eigenvalue weighted by atomic mass is 10.0. The maximum Gasteiger partial charge on any atom is 0.306 e. The summed E-state index contributed by atoms with van der Waals surface area (Å²) >= 11 is 0. The number of carbonyl (C=O) groups excluding carboxylic acids is 1. The molecule has 1 atom stereocenters. The minimum Gasteiger partial charge on any atom is -0.481 e. The van der Waals surface area contributed by atoms with E-state index in [1.807, 2.05) is 4.90 Å². The molecule has 0 radical (unpaired) electrons. The summed E-state index contributed by atoms with van der Waals surface area (Å²) in [6.45, 7) is 5.15. The third kappa shape index (κ3) is 7.09. The molecule has 0 aliphatic carbocycles. The van der Waals surface area contributed by atoms with E-state index in [1.54, 1.807) is 0 Å². The van der Waals surface area contributed by atoms with Crippen LogP contribution in [0.4, 0.5) is 0 Å². The smallest absolute Gasteiger partial charge is 0.306 e. The number of aliphatic hydroxyl groups is 1. The lowest BCUT2D eigenvalue weighted by molar-refractivity contribution is -0.142. The van der Waals surface area contributed by atoms with Gasteiger partial charge in [-0.2, -0.15) is 0 Å². The van der Waals surface area contributed by atoms with Gasteiger partial charge in [0, 0.05) is 19.6 Å². The highest BCUT2D eigenvalue weighted by Crippen LogP contribution is 2.07. The van der Waals surface area contributed by atoms with Gasteiger partial charge < -0.3 is 20.8 Å². The summed E-state index contributed by atoms with van der Waals surface area (Å²) in [5.41, 5.74) is -1.41. The third-order valence-corrected chi connectivity index (χ3v) is 3.00. The molecular formula is C12H23N3O4. The maximum atomic E-state index is 11.7. The van der Waals surface area contributed by atoms with Gasteiger partial charge in [-0.25, -0.2) is 0 Å². The molecule has 4 N–H and O–H groups in total. The van der Waals surface area contributed by atoms with E-state index in [9.17, 15) is 14.7 Å². The number of carbonyl (C=O) groups is 2. The summed E-state index contributed by atoms with van der Waals surface area (Å²) in [5, 5.41) is 24.2. The highest BCUT2D eigenvalue weighted by molar-refractivity contribution is 5.78. The second-order valence-corrected chi connectivity index (χ2v) is 5.22. The Bertz CT molecular complexity index is 312. The van der Waals surface area contributed by atoms with Crippen molar-refractivity contribution < 1.29 is 19.8 Å². The van der Waals surface area contributed by atoms with E-state index in [0.717, 1.165) is 32.6 Å². The summed E-state index contributed by atoms with van der Waals surface area (Å²) in [4.78, 5) is 24.3. The molecule has 0 spiro atoms. The Labute approximate surface area is 113 Å². The fraction of sp³-hybridized carbons (Fsp3) is 0.833. The number of amides is 1. The van der Waals surface area contributed by atoms with Gasteiger partial charge in [-0.3, -0.25) is 14.5 Å². The molecule has 0 bridgehead atoms. The van der Waals surface area contributed by atoms with E-state index in [4.69, 9.17) is 5.11 Å². The van der Waals surface area contributed by atoms with Gasteiger partial charge in [0.15, 0.2) is 0 Å². The average Bonchev–Trinajstić information content (AvgIpc) is 2.53. The normalized spacial score (nSPS) is 20.3. The molecule has 1 amide bonds. The molecule has 1 rings (SSSR count). The van der Waals surface area contributed by atoms with Crippen LogP contribution in [0.5, 0.6) is 0 Å². The van der Waals surface area contributed by atoms with Crippen molar-refractivity contribution in [2.75, 3.05) is 39.3 Å². The number of hydrogen-bond donors (Lipinski definition) is 4. The number of rotatable bonds is 6. The van der Waals surface area contributed by atoms with Gasteiger partial charge in [0.2, 0.25) is 5.91 Å². The molecule has 1 aliphatic heterocycles. The topological polar surface area (TPSA) is 102 Å². The summed E-state index contributed by atoms with van der Waals surface area (Å²) in [6, 6.07) is 0. The lowest BCUT2D eigenvalue weighted by Gasteiger charge is -2.23. The maximum absolute atomic E-state index is 11.7. The molecule has 1 saturated heterocycles. The quantitative estimate of drug-likeness (QED) is 0.476. The SMILES string of the molecule is CC(O)(CNC(=O)CN1CCCNCC1)CC(=O)O. The summed E-state index contributed by atoms with van der Waals surface area (Å²) in [6.07, 6.45) is 0.616. The first-order valence-electron chi connectivity index (χ1n) is 6.53. The molecule has 1 fully saturated rings. The molecule has 0 aromatic carbocycles. The number of hydrogen-bond acceptors (Lipinski definition) is 5. The fourth-order valence-electron chi connectivity index (χ4n) is 2.00. The Balaban J connectivity index is 2.28. The van der Waals surface area contributed by atoms with Gasteiger partial charge in [0.1, 0.15) is 0 Å². The number of carboxylic acid groups (broad SMARTS) is 1. The molecule has 0 aromatic heterocycles. The van der Waals surface area contributed by atoms with Crippen molar-refractivity contribution >= 4 is 11.9 Å². The lowest BCUT2D eigenvalue weighted by Crippen LogP contribution is -2.46. The first kappa shape index (κ1) is 15.9. The average molecular weight is 273 g/mol. The van der Waals surface area contributed by atoms with E-state index in [0.29, 0.717) is 0 Å². The predicted octanol–water partition coefficient (Wildman–Crippen LogP) is -1.38. The number of carboxylic acids is 1. The van der Waals surface area contributed by atoms with Crippen molar-refractivity contribution in [3.05, 3.63) is 0 Å². The Morgan fingerprint density at radius 1 is 1.37 bits per heavy atom. The molecule has 1 heterocycles. The molecule has 7 nitrogen and oxygen atoms in total. The fourth-order valence-corrected chi connectivity index (χ4v) is 2.00. The number of aliphatic carboxylic acids is 1. The van der Waals surface area contributed by atoms with Gasteiger partial charge in [-0.05, 0) is 26.4 Å². The zero-order valence-corrected chi connectivity index (χ0v) is 11.3. The minimum absolute atomic E-state index is 0.0514. The Morgan fingerprint density at radius 3 is 2.79 bits per heavy atom. The second-order valence-electron chi connectivity index (χ2n) is 5.22. The molecule has 110 valence electrons. The van der Waals surface area contributed by atoms with Crippen molar-refractivity contribution in [2.45, 2.75) is 25.4 Å². The second kappa shape index (κ2) is 7.42. The monoisotopic (exact) mass is 273 g/mol. The van der Waals surface area contributed by atoms with E-state index >= 15 is 0 Å². The minimum atomic E-state index is -1.41. The molecule has 0 aromatic rings. The van der Waals surface area contributed by atoms with E-state index in [2.05, 4.69) is 10.6 Å². The van der Waals surface area contributed by atoms with E-state index in [1.165, 1.54) is 6.92 Å². The van der Waals surface area contributed by atoms with Crippen molar-refractivity contribution in [1.82, 2.24) is 15.5 Å². The summed E-state index contributed by atoms with van der Waals surface area (Å²) in [7, 11) is 0. The van der Waals surface area contributed by atoms with E-state index in [-0.39, 0.29) is 25.4 Å². The van der Waals surface area contributed by atoms with Crippen LogP contribution in [0.1, 0.15) is 19.8 Å². The van der Waals surface area contributed by atoms with Crippen LogP contribution in [0.2, 0.25) is 0 Å². The van der Waals surface area contributed by atoms with Crippen molar-refractivity contribution in [1.29, 1.82) is 0 Å². The van der Waals surface area contributed by atoms with Crippen LogP contribution < -0.4 is 10.6 Å². The number of nitrogens with one attached hydrogen (secondary N) is 2. The van der Waals surface area contributed by atoms with E-state index < -0.39 is 11.6 Å². The van der Waals surface area contributed by atoms with Crippen LogP contribution in [0.3, 0.4) is 0 Å². The molecule has 0 saturated carbocycles. The van der Waals surface area contributed by atoms with Gasteiger partial charge >= 0.3 is 5.97 Å². The van der Waals surface area contributed by atoms with Gasteiger partial charge in [-0.15, -0.1) is 0 Å². The zero-order valence-electron chi connectivity index (χ0n) is 11.3. The van der Waals surface area contributed by atoms with Crippen LogP contribution in [0.15, 0.2) is 0 Å². The molecule has 7 heteroatoms. The predicted molar refractivity (Wildman–Crippen MR) is 69.8 cm³/mol. The van der Waals surface area contributed by atoms with Gasteiger partial charge in [-0.1, -0.05) is 0 Å². The first-order chi connectivity index (χ1) is 8.89. The van der Waals surface area contributed by atoms with Crippen LogP contribution >= 0.6 is 0 Å². The van der Waals surface area contributed by atoms with Crippen molar-refractivity contribution in [3.8, 4) is 0 Å². The largest absolute Gasteiger partial charge is 0.481 e. The summed E-state index contributed by atoms with van der Waals surface area (Å²) < 4.78 is 0. The standard InChI is InChI=1S/C12H23N3O4/c1-12(19,7-11(17)18)9-14-10(16)8-15-5-2-3-13-4-6-15/h13,19H,2-9H2,1H3,(H,14,16)(H,17,18). The third-order valence-electron chi connectivity index (χ3n) is 3.00. The Kier molecular flexibility index (Phi) is 6.20. The zero-order chi connectivity index (χ0) is 14.3. The Hall–Kier alpha value is -1.18. The molecular weight excluding hydrogens is 250 g/mol. The summed E-state index contributed by atoms with van der Waals surface area (Å²) in [5.74, 6) is -1.27. The van der Waals surface area contributed by atoms with Gasteiger partial charge in [0.25, 0.3) is 0 Å². The van der Waals surface area contributed by atoms with Crippen LogP contribution in [0, 0.1) is 0 Å². The highest BCUT2D eigenvalue weighted by atomic mass is 16.4. The van der Waals surface area contributed by atoms with Crippen LogP contribution in [-0.4, -0.2) is 71.9 Å². The molecule has 19 heavy (non-hydrogen) atoms. The van der Waals surface area contributed by atoms with Crippen LogP contribution in [-0.2, 0) is 9.59 Å². The van der Waals surface area contributed by atoms with Crippen molar-refractivity contribution in [2.24, 2.45) is 0 Å². The highest BCUT2D eigenvalue weighted by Gasteiger charge is 2.25. The van der Waals surface area contributed by atoms with Crippen molar-refractivity contribution in [3.63, 3.8) is 0 Å². The Morgan fingerprint density at radius 2 is 2.11 bits per heavy atom. The van der Waals surface area contributed by atoms with Crippen LogP contribution in [0.25, 0.3) is 0 Å². The molecule has 1 aliphatic rings. The first-order valence-corrected chi connectivity index (χ1v) is 6.53. The van der Waals surface area contributed by atoms with Gasteiger partial charge in [0.05, 0.1) is 18.6 Å².